The van der Waals surface area contributed by atoms with E-state index in [0.717, 1.165) is 4.90 Å². The normalized spacial score (nSPS) is 12.2. The predicted octanol–water partition coefficient (Wildman–Crippen LogP) is 2.83. The van der Waals surface area contributed by atoms with E-state index >= 15 is 0 Å². The molecule has 1 unspecified atom stereocenters. The van der Waals surface area contributed by atoms with Crippen molar-refractivity contribution in [2.75, 3.05) is 13.7 Å². The van der Waals surface area contributed by atoms with Crippen molar-refractivity contribution < 1.29 is 13.7 Å². The van der Waals surface area contributed by atoms with Crippen molar-refractivity contribution in [2.24, 2.45) is 5.92 Å². The molecule has 0 spiro atoms. The van der Waals surface area contributed by atoms with Gasteiger partial charge >= 0.3 is 5.97 Å². The second-order valence-electron chi connectivity index (χ2n) is 3.61. The molecule has 3 nitrogen and oxygen atoms in total. The van der Waals surface area contributed by atoms with Crippen LogP contribution in [0, 0.1) is 12.8 Å². The Bertz CT molecular complexity index is 335. The topological polar surface area (TPSA) is 35.5 Å². The molecule has 0 saturated heterocycles. The first-order valence-electron chi connectivity index (χ1n) is 5.07. The van der Waals surface area contributed by atoms with E-state index in [9.17, 15) is 4.79 Å². The number of hydrogen-bond donors (Lipinski definition) is 0. The maximum absolute atomic E-state index is 11.1. The van der Waals surface area contributed by atoms with Crippen LogP contribution in [0.1, 0.15) is 12.5 Å². The Hall–Kier alpha value is -1.00. The maximum Gasteiger partial charge on any atom is 0.310 e. The standard InChI is InChI=1S/C12H16O3S/c1-9-4-6-11(7-5-9)16-15-8-10(2)12(13)14-3/h4-7,10H,8H2,1-3H3. The molecule has 1 aromatic rings. The lowest BCUT2D eigenvalue weighted by atomic mass is 10.2. The molecular formula is C12H16O3S. The molecule has 88 valence electrons. The van der Waals surface area contributed by atoms with Gasteiger partial charge in [-0.15, -0.1) is 0 Å². The van der Waals surface area contributed by atoms with Gasteiger partial charge < -0.3 is 8.92 Å². The fourth-order valence-corrected chi connectivity index (χ4v) is 1.72. The third-order valence-electron chi connectivity index (χ3n) is 2.10. The Kier molecular flexibility index (Phi) is 5.35. The molecule has 0 radical (unpaired) electrons. The molecule has 0 aromatic heterocycles. The highest BCUT2D eigenvalue weighted by atomic mass is 32.2. The number of aryl methyl sites for hydroxylation is 1. The zero-order chi connectivity index (χ0) is 12.0. The SMILES string of the molecule is COC(=O)C(C)COSc1ccc(C)cc1. The van der Waals surface area contributed by atoms with Gasteiger partial charge in [0, 0.05) is 16.9 Å². The Labute approximate surface area is 100 Å². The van der Waals surface area contributed by atoms with Crippen molar-refractivity contribution in [3.8, 4) is 0 Å². The van der Waals surface area contributed by atoms with Crippen LogP contribution in [0.5, 0.6) is 0 Å². The van der Waals surface area contributed by atoms with Gasteiger partial charge in [-0.05, 0) is 26.0 Å². The summed E-state index contributed by atoms with van der Waals surface area (Å²) >= 11 is 1.28. The molecule has 0 aliphatic carbocycles. The summed E-state index contributed by atoms with van der Waals surface area (Å²) in [7, 11) is 1.38. The average molecular weight is 240 g/mol. The van der Waals surface area contributed by atoms with Gasteiger partial charge in [-0.3, -0.25) is 4.79 Å². The summed E-state index contributed by atoms with van der Waals surface area (Å²) in [6.45, 7) is 4.17. The lowest BCUT2D eigenvalue weighted by molar-refractivity contribution is -0.145. The van der Waals surface area contributed by atoms with Gasteiger partial charge in [0.05, 0.1) is 19.6 Å². The number of carbonyl (C=O) groups excluding carboxylic acids is 1. The largest absolute Gasteiger partial charge is 0.469 e. The zero-order valence-corrected chi connectivity index (χ0v) is 10.5. The van der Waals surface area contributed by atoms with E-state index in [2.05, 4.69) is 4.74 Å². The van der Waals surface area contributed by atoms with Crippen LogP contribution in [0.15, 0.2) is 29.2 Å². The van der Waals surface area contributed by atoms with Gasteiger partial charge in [-0.25, -0.2) is 0 Å². The van der Waals surface area contributed by atoms with Crippen LogP contribution in [0.3, 0.4) is 0 Å². The quantitative estimate of drug-likeness (QED) is 0.585. The number of methoxy groups -OCH3 is 1. The highest BCUT2D eigenvalue weighted by Crippen LogP contribution is 2.20. The summed E-state index contributed by atoms with van der Waals surface area (Å²) in [4.78, 5) is 12.1. The fraction of sp³-hybridized carbons (Fsp3) is 0.417. The first kappa shape index (κ1) is 13.1. The van der Waals surface area contributed by atoms with E-state index in [1.165, 1.54) is 24.7 Å². The van der Waals surface area contributed by atoms with Crippen LogP contribution < -0.4 is 0 Å². The molecule has 0 fully saturated rings. The van der Waals surface area contributed by atoms with Crippen molar-refractivity contribution in [1.29, 1.82) is 0 Å². The van der Waals surface area contributed by atoms with Gasteiger partial charge in [0.2, 0.25) is 0 Å². The van der Waals surface area contributed by atoms with Crippen molar-refractivity contribution in [3.05, 3.63) is 29.8 Å². The van der Waals surface area contributed by atoms with Crippen LogP contribution in [0.25, 0.3) is 0 Å². The first-order chi connectivity index (χ1) is 7.63. The number of hydrogen-bond acceptors (Lipinski definition) is 4. The summed E-state index contributed by atoms with van der Waals surface area (Å²) in [5.41, 5.74) is 1.22. The summed E-state index contributed by atoms with van der Waals surface area (Å²) in [5.74, 6) is -0.479. The number of carbonyl (C=O) groups is 1. The van der Waals surface area contributed by atoms with Crippen LogP contribution in [0.2, 0.25) is 0 Å². The number of rotatable bonds is 5. The van der Waals surface area contributed by atoms with E-state index in [1.54, 1.807) is 6.92 Å². The third-order valence-corrected chi connectivity index (χ3v) is 2.82. The molecular weight excluding hydrogens is 224 g/mol. The predicted molar refractivity (Wildman–Crippen MR) is 64.2 cm³/mol. The first-order valence-corrected chi connectivity index (χ1v) is 5.81. The summed E-state index contributed by atoms with van der Waals surface area (Å²) in [5, 5.41) is 0. The zero-order valence-electron chi connectivity index (χ0n) is 9.73. The molecule has 0 amide bonds. The molecule has 0 N–H and O–H groups in total. The summed E-state index contributed by atoms with van der Waals surface area (Å²) in [6, 6.07) is 8.02. The Morgan fingerprint density at radius 3 is 2.56 bits per heavy atom. The lowest BCUT2D eigenvalue weighted by Crippen LogP contribution is -2.16. The van der Waals surface area contributed by atoms with E-state index in [0.29, 0.717) is 6.61 Å². The Morgan fingerprint density at radius 2 is 2.00 bits per heavy atom. The summed E-state index contributed by atoms with van der Waals surface area (Å²) < 4.78 is 9.96. The molecule has 0 heterocycles. The maximum atomic E-state index is 11.1. The van der Waals surface area contributed by atoms with Crippen molar-refractivity contribution >= 4 is 18.0 Å². The van der Waals surface area contributed by atoms with Gasteiger partial charge in [-0.2, -0.15) is 0 Å². The van der Waals surface area contributed by atoms with E-state index < -0.39 is 0 Å². The molecule has 1 aromatic carbocycles. The van der Waals surface area contributed by atoms with Crippen LogP contribution in [0.4, 0.5) is 0 Å². The molecule has 0 bridgehead atoms. The third kappa shape index (κ3) is 4.24. The number of esters is 1. The number of benzene rings is 1. The minimum absolute atomic E-state index is 0.233. The second-order valence-corrected chi connectivity index (χ2v) is 4.48. The van der Waals surface area contributed by atoms with Gasteiger partial charge in [-0.1, -0.05) is 17.7 Å². The lowest BCUT2D eigenvalue weighted by Gasteiger charge is -2.08. The van der Waals surface area contributed by atoms with Gasteiger partial charge in [0.25, 0.3) is 0 Å². The molecule has 0 aliphatic heterocycles. The highest BCUT2D eigenvalue weighted by molar-refractivity contribution is 7.94. The highest BCUT2D eigenvalue weighted by Gasteiger charge is 2.13. The van der Waals surface area contributed by atoms with Gasteiger partial charge in [0.1, 0.15) is 0 Å². The molecule has 4 heteroatoms. The van der Waals surface area contributed by atoms with Crippen molar-refractivity contribution in [3.63, 3.8) is 0 Å². The van der Waals surface area contributed by atoms with Gasteiger partial charge in [0.15, 0.2) is 0 Å². The Morgan fingerprint density at radius 1 is 1.38 bits per heavy atom. The monoisotopic (exact) mass is 240 g/mol. The number of ether oxygens (including phenoxy) is 1. The molecule has 16 heavy (non-hydrogen) atoms. The van der Waals surface area contributed by atoms with Crippen molar-refractivity contribution in [1.82, 2.24) is 0 Å². The molecule has 0 aliphatic rings. The molecule has 0 saturated carbocycles. The molecule has 1 rings (SSSR count). The second kappa shape index (κ2) is 6.55. The van der Waals surface area contributed by atoms with Crippen LogP contribution >= 0.6 is 12.0 Å². The van der Waals surface area contributed by atoms with Crippen LogP contribution in [-0.2, 0) is 13.7 Å². The minimum atomic E-state index is -0.246. The average Bonchev–Trinajstić information content (AvgIpc) is 2.30. The fourth-order valence-electron chi connectivity index (χ4n) is 1.07. The van der Waals surface area contributed by atoms with Crippen molar-refractivity contribution in [2.45, 2.75) is 18.7 Å². The minimum Gasteiger partial charge on any atom is -0.469 e. The van der Waals surface area contributed by atoms with Crippen LogP contribution in [-0.4, -0.2) is 19.7 Å². The van der Waals surface area contributed by atoms with E-state index in [4.69, 9.17) is 4.18 Å². The Balaban J connectivity index is 2.30. The molecule has 1 atom stereocenters. The van der Waals surface area contributed by atoms with E-state index in [1.807, 2.05) is 31.2 Å². The summed E-state index contributed by atoms with van der Waals surface area (Å²) in [6.07, 6.45) is 0. The smallest absolute Gasteiger partial charge is 0.310 e. The van der Waals surface area contributed by atoms with E-state index in [-0.39, 0.29) is 11.9 Å².